The first-order chi connectivity index (χ1) is 15.2. The smallest absolute Gasteiger partial charge is 0.307 e. The van der Waals surface area contributed by atoms with Gasteiger partial charge in [0.1, 0.15) is 0 Å². The molecule has 186 valence electrons. The highest BCUT2D eigenvalue weighted by molar-refractivity contribution is 5.72. The molecule has 4 fully saturated rings. The van der Waals surface area contributed by atoms with Gasteiger partial charge in [0.05, 0.1) is 12.0 Å². The van der Waals surface area contributed by atoms with Gasteiger partial charge in [0.15, 0.2) is 0 Å². The molecule has 33 heavy (non-hydrogen) atoms. The van der Waals surface area contributed by atoms with Gasteiger partial charge in [-0.2, -0.15) is 0 Å². The van der Waals surface area contributed by atoms with Gasteiger partial charge in [-0.25, -0.2) is 0 Å². The molecular weight excluding hydrogens is 408 g/mol. The number of hydrogen-bond donors (Lipinski definition) is 2. The van der Waals surface area contributed by atoms with E-state index in [0.717, 1.165) is 32.1 Å². The SMILES string of the molecule is C[C@@H]1CC[C@]2(C)CC[C@]3(C)C(=CC[C@@H]4[C@@]5(C)CC[C@H](O)C(C)(C)[C@@H]5CC[C@]43C)[C@@H]2[C@H]1C(=O)O. The van der Waals surface area contributed by atoms with E-state index >= 15 is 0 Å². The standard InChI is InChI=1S/C30H48O3/c1-18-10-13-27(4)16-17-29(6)19(24(27)23(18)25(32)33)8-9-21-28(5)14-12-22(31)26(2,3)20(28)11-15-30(21,29)7/h8,18,20-24,31H,9-17H2,1-7H3,(H,32,33)/t18-,20+,21-,22+,23+,24-,27-,28+,29-,30-/m1/s1. The molecule has 5 aliphatic carbocycles. The van der Waals surface area contributed by atoms with Crippen LogP contribution in [0.4, 0.5) is 0 Å². The van der Waals surface area contributed by atoms with Crippen molar-refractivity contribution < 1.29 is 15.0 Å². The lowest BCUT2D eigenvalue weighted by atomic mass is 9.33. The summed E-state index contributed by atoms with van der Waals surface area (Å²) in [6.07, 6.45) is 12.5. The summed E-state index contributed by atoms with van der Waals surface area (Å²) in [7, 11) is 0. The van der Waals surface area contributed by atoms with Crippen molar-refractivity contribution in [1.29, 1.82) is 0 Å². The molecule has 2 N–H and O–H groups in total. The zero-order valence-corrected chi connectivity index (χ0v) is 22.2. The highest BCUT2D eigenvalue weighted by Gasteiger charge is 2.68. The van der Waals surface area contributed by atoms with E-state index in [1.54, 1.807) is 0 Å². The fourth-order valence-corrected chi connectivity index (χ4v) is 10.9. The molecule has 0 saturated heterocycles. The summed E-state index contributed by atoms with van der Waals surface area (Å²) in [4.78, 5) is 12.6. The Morgan fingerprint density at radius 1 is 0.909 bits per heavy atom. The molecule has 0 aromatic rings. The zero-order chi connectivity index (χ0) is 24.2. The van der Waals surface area contributed by atoms with Crippen molar-refractivity contribution in [1.82, 2.24) is 0 Å². The number of fused-ring (bicyclic) bond motifs is 7. The Bertz CT molecular complexity index is 874. The van der Waals surface area contributed by atoms with Gasteiger partial charge in [0.2, 0.25) is 0 Å². The monoisotopic (exact) mass is 456 g/mol. The summed E-state index contributed by atoms with van der Waals surface area (Å²) in [6.45, 7) is 16.8. The van der Waals surface area contributed by atoms with E-state index in [-0.39, 0.29) is 50.9 Å². The summed E-state index contributed by atoms with van der Waals surface area (Å²) in [5, 5.41) is 21.2. The van der Waals surface area contributed by atoms with Crippen LogP contribution < -0.4 is 0 Å². The molecule has 0 bridgehead atoms. The molecule has 0 unspecified atom stereocenters. The van der Waals surface area contributed by atoms with Crippen molar-refractivity contribution in [2.75, 3.05) is 0 Å². The van der Waals surface area contributed by atoms with Crippen LogP contribution in [0, 0.1) is 56.7 Å². The Kier molecular flexibility index (Phi) is 5.15. The number of aliphatic carboxylic acids is 1. The first-order valence-electron chi connectivity index (χ1n) is 13.8. The first-order valence-corrected chi connectivity index (χ1v) is 13.8. The van der Waals surface area contributed by atoms with Gasteiger partial charge >= 0.3 is 5.97 Å². The van der Waals surface area contributed by atoms with Gasteiger partial charge in [0, 0.05) is 0 Å². The minimum Gasteiger partial charge on any atom is -0.481 e. The summed E-state index contributed by atoms with van der Waals surface area (Å²) in [6, 6.07) is 0. The topological polar surface area (TPSA) is 57.5 Å². The van der Waals surface area contributed by atoms with Crippen LogP contribution in [-0.2, 0) is 4.79 Å². The summed E-state index contributed by atoms with van der Waals surface area (Å²) in [5.41, 5.74) is 2.14. The quantitative estimate of drug-likeness (QED) is 0.414. The lowest BCUT2D eigenvalue weighted by Crippen LogP contribution is -2.65. The maximum absolute atomic E-state index is 12.6. The van der Waals surface area contributed by atoms with Crippen LogP contribution in [0.15, 0.2) is 11.6 Å². The normalized spacial score (nSPS) is 55.3. The number of carboxylic acid groups (broad SMARTS) is 1. The van der Waals surface area contributed by atoms with E-state index < -0.39 is 5.97 Å². The largest absolute Gasteiger partial charge is 0.481 e. The van der Waals surface area contributed by atoms with Crippen LogP contribution in [0.3, 0.4) is 0 Å². The summed E-state index contributed by atoms with van der Waals surface area (Å²) >= 11 is 0. The van der Waals surface area contributed by atoms with Crippen LogP contribution in [0.5, 0.6) is 0 Å². The van der Waals surface area contributed by atoms with E-state index in [9.17, 15) is 15.0 Å². The molecule has 0 aromatic carbocycles. The Morgan fingerprint density at radius 3 is 2.27 bits per heavy atom. The second kappa shape index (κ2) is 7.11. The van der Waals surface area contributed by atoms with Crippen LogP contribution in [-0.4, -0.2) is 22.3 Å². The van der Waals surface area contributed by atoms with Crippen LogP contribution in [0.25, 0.3) is 0 Å². The number of aliphatic hydroxyl groups excluding tert-OH is 1. The molecule has 0 amide bonds. The predicted molar refractivity (Wildman–Crippen MR) is 133 cm³/mol. The van der Waals surface area contributed by atoms with Gasteiger partial charge in [-0.05, 0) is 109 Å². The minimum absolute atomic E-state index is 0.0302. The molecule has 3 nitrogen and oxygen atoms in total. The van der Waals surface area contributed by atoms with Gasteiger partial charge in [-0.1, -0.05) is 60.1 Å². The van der Waals surface area contributed by atoms with Crippen LogP contribution >= 0.6 is 0 Å². The summed E-state index contributed by atoms with van der Waals surface area (Å²) in [5.74, 6) is 0.785. The third kappa shape index (κ3) is 2.87. The molecule has 0 radical (unpaired) electrons. The highest BCUT2D eigenvalue weighted by Crippen LogP contribution is 2.75. The maximum atomic E-state index is 12.6. The first kappa shape index (κ1) is 23.9. The number of aliphatic hydroxyl groups is 1. The van der Waals surface area contributed by atoms with E-state index in [4.69, 9.17) is 0 Å². The van der Waals surface area contributed by atoms with Crippen molar-refractivity contribution in [3.63, 3.8) is 0 Å². The maximum Gasteiger partial charge on any atom is 0.307 e. The third-order valence-corrected chi connectivity index (χ3v) is 13.2. The van der Waals surface area contributed by atoms with Gasteiger partial charge < -0.3 is 10.2 Å². The molecule has 3 heteroatoms. The Balaban J connectivity index is 1.61. The molecule has 0 spiro atoms. The zero-order valence-electron chi connectivity index (χ0n) is 22.2. The second-order valence-electron chi connectivity index (χ2n) is 14.7. The molecule has 10 atom stereocenters. The average molecular weight is 457 g/mol. The Hall–Kier alpha value is -0.830. The lowest BCUT2D eigenvalue weighted by molar-refractivity contribution is -0.204. The van der Waals surface area contributed by atoms with Crippen molar-refractivity contribution in [2.45, 2.75) is 112 Å². The van der Waals surface area contributed by atoms with E-state index in [0.29, 0.717) is 11.8 Å². The Morgan fingerprint density at radius 2 is 1.61 bits per heavy atom. The van der Waals surface area contributed by atoms with Crippen molar-refractivity contribution in [2.24, 2.45) is 56.7 Å². The van der Waals surface area contributed by atoms with Gasteiger partial charge in [-0.3, -0.25) is 4.79 Å². The van der Waals surface area contributed by atoms with E-state index in [1.165, 1.54) is 31.3 Å². The summed E-state index contributed by atoms with van der Waals surface area (Å²) < 4.78 is 0. The molecule has 0 heterocycles. The number of carbonyl (C=O) groups is 1. The number of carboxylic acids is 1. The third-order valence-electron chi connectivity index (χ3n) is 13.2. The number of rotatable bonds is 1. The van der Waals surface area contributed by atoms with Crippen molar-refractivity contribution >= 4 is 5.97 Å². The van der Waals surface area contributed by atoms with Crippen LogP contribution in [0.1, 0.15) is 106 Å². The fraction of sp³-hybridized carbons (Fsp3) is 0.900. The molecule has 0 aliphatic heterocycles. The lowest BCUT2D eigenvalue weighted by Gasteiger charge is -2.71. The molecule has 5 aliphatic rings. The van der Waals surface area contributed by atoms with Gasteiger partial charge in [0.25, 0.3) is 0 Å². The Labute approximate surface area is 201 Å². The van der Waals surface area contributed by atoms with E-state index in [2.05, 4.69) is 54.5 Å². The van der Waals surface area contributed by atoms with Crippen molar-refractivity contribution in [3.05, 3.63) is 11.6 Å². The molecule has 0 aromatic heterocycles. The minimum atomic E-state index is -0.575. The molecule has 4 saturated carbocycles. The molecular formula is C30H48O3. The highest BCUT2D eigenvalue weighted by atomic mass is 16.4. The number of hydrogen-bond acceptors (Lipinski definition) is 2. The predicted octanol–water partition coefficient (Wildman–Crippen LogP) is 7.09. The molecule has 5 rings (SSSR count). The van der Waals surface area contributed by atoms with Gasteiger partial charge in [-0.15, -0.1) is 0 Å². The van der Waals surface area contributed by atoms with Crippen molar-refractivity contribution in [3.8, 4) is 0 Å². The fourth-order valence-electron chi connectivity index (χ4n) is 10.9. The van der Waals surface area contributed by atoms with Crippen LogP contribution in [0.2, 0.25) is 0 Å². The number of allylic oxidation sites excluding steroid dienone is 2. The van der Waals surface area contributed by atoms with E-state index in [1.807, 2.05) is 0 Å². The average Bonchev–Trinajstić information content (AvgIpc) is 2.72. The second-order valence-corrected chi connectivity index (χ2v) is 14.7.